The predicted molar refractivity (Wildman–Crippen MR) is 68.2 cm³/mol. The monoisotopic (exact) mass is 247 g/mol. The highest BCUT2D eigenvalue weighted by Crippen LogP contribution is 2.30. The van der Waals surface area contributed by atoms with E-state index in [1.165, 1.54) is 0 Å². The molecule has 2 heterocycles. The molecule has 2 rings (SSSR count). The fraction of sp³-hybridized carbons (Fsp3) is 0.462. The van der Waals surface area contributed by atoms with Gasteiger partial charge in [-0.05, 0) is 25.0 Å². The van der Waals surface area contributed by atoms with Crippen LogP contribution in [0.3, 0.4) is 0 Å². The lowest BCUT2D eigenvalue weighted by Gasteiger charge is -2.25. The quantitative estimate of drug-likeness (QED) is 0.850. The molecule has 0 radical (unpaired) electrons. The van der Waals surface area contributed by atoms with Gasteiger partial charge in [0, 0.05) is 12.6 Å². The van der Waals surface area contributed by atoms with E-state index in [0.717, 1.165) is 5.52 Å². The van der Waals surface area contributed by atoms with Crippen LogP contribution < -0.4 is 0 Å². The van der Waals surface area contributed by atoms with Gasteiger partial charge >= 0.3 is 5.97 Å². The van der Waals surface area contributed by atoms with Crippen LogP contribution in [0.25, 0.3) is 11.2 Å². The number of H-pyrrole nitrogens is 1. The van der Waals surface area contributed by atoms with Crippen LogP contribution in [0.15, 0.2) is 18.3 Å². The molecule has 0 aliphatic heterocycles. The molecule has 2 N–H and O–H groups in total. The molecule has 0 aliphatic rings. The van der Waals surface area contributed by atoms with Gasteiger partial charge in [0.15, 0.2) is 5.65 Å². The van der Waals surface area contributed by atoms with E-state index < -0.39 is 11.4 Å². The number of fused-ring (bicyclic) bond motifs is 1. The minimum absolute atomic E-state index is 0.408. The number of hydrogen-bond donors (Lipinski definition) is 2. The number of aliphatic carboxylic acids is 1. The van der Waals surface area contributed by atoms with Gasteiger partial charge in [-0.3, -0.25) is 4.79 Å². The van der Waals surface area contributed by atoms with Gasteiger partial charge in [0.25, 0.3) is 0 Å². The van der Waals surface area contributed by atoms with E-state index in [4.69, 9.17) is 0 Å². The first kappa shape index (κ1) is 12.5. The summed E-state index contributed by atoms with van der Waals surface area (Å²) in [5, 5.41) is 9.40. The Morgan fingerprint density at radius 2 is 2.17 bits per heavy atom. The van der Waals surface area contributed by atoms with Crippen molar-refractivity contribution >= 4 is 17.1 Å². The van der Waals surface area contributed by atoms with Crippen molar-refractivity contribution in [1.29, 1.82) is 0 Å². The summed E-state index contributed by atoms with van der Waals surface area (Å²) < 4.78 is 0. The van der Waals surface area contributed by atoms with E-state index in [-0.39, 0.29) is 0 Å². The topological polar surface area (TPSA) is 78.9 Å². The molecule has 0 saturated carbocycles. The predicted octanol–water partition coefficient (Wildman–Crippen LogP) is 2.39. The number of carboxylic acids is 1. The third-order valence-corrected chi connectivity index (χ3v) is 3.62. The van der Waals surface area contributed by atoms with E-state index in [1.807, 2.05) is 26.0 Å². The van der Waals surface area contributed by atoms with Crippen molar-refractivity contribution in [2.75, 3.05) is 0 Å². The van der Waals surface area contributed by atoms with Crippen molar-refractivity contribution in [3.05, 3.63) is 24.2 Å². The third-order valence-electron chi connectivity index (χ3n) is 3.62. The molecule has 2 aromatic heterocycles. The Morgan fingerprint density at radius 1 is 1.44 bits per heavy atom. The Balaban J connectivity index is 2.34. The molecule has 5 heteroatoms. The van der Waals surface area contributed by atoms with Crippen molar-refractivity contribution in [2.45, 2.75) is 33.1 Å². The van der Waals surface area contributed by atoms with E-state index in [0.29, 0.717) is 30.7 Å². The number of carboxylic acid groups (broad SMARTS) is 1. The van der Waals surface area contributed by atoms with Crippen molar-refractivity contribution in [3.8, 4) is 0 Å². The molecule has 0 bridgehead atoms. The molecule has 0 unspecified atom stereocenters. The van der Waals surface area contributed by atoms with Gasteiger partial charge in [-0.15, -0.1) is 0 Å². The number of imidazole rings is 1. The van der Waals surface area contributed by atoms with Crippen molar-refractivity contribution in [3.63, 3.8) is 0 Å². The molecule has 0 amide bonds. The highest BCUT2D eigenvalue weighted by Gasteiger charge is 2.36. The number of nitrogens with zero attached hydrogens (tertiary/aromatic N) is 2. The van der Waals surface area contributed by atoms with Gasteiger partial charge in [0.05, 0.1) is 10.9 Å². The smallest absolute Gasteiger partial charge is 0.310 e. The fourth-order valence-corrected chi connectivity index (χ4v) is 2.18. The Bertz CT molecular complexity index is 525. The number of aromatic amines is 1. The van der Waals surface area contributed by atoms with Crippen LogP contribution in [0.1, 0.15) is 32.5 Å². The number of carbonyl (C=O) groups is 1. The lowest BCUT2D eigenvalue weighted by molar-refractivity contribution is -0.149. The molecular formula is C13H17N3O2. The molecule has 0 atom stereocenters. The molecule has 5 nitrogen and oxygen atoms in total. The maximum absolute atomic E-state index is 11.4. The highest BCUT2D eigenvalue weighted by molar-refractivity contribution is 5.75. The number of nitrogens with one attached hydrogen (secondary N) is 1. The van der Waals surface area contributed by atoms with Crippen molar-refractivity contribution < 1.29 is 9.90 Å². The second-order valence-corrected chi connectivity index (χ2v) is 4.53. The zero-order chi connectivity index (χ0) is 13.2. The number of pyridine rings is 1. The van der Waals surface area contributed by atoms with Crippen molar-refractivity contribution in [1.82, 2.24) is 15.0 Å². The standard InChI is InChI=1S/C13H17N3O2/c1-3-13(4-2,12(17)18)8-10-15-9-6-5-7-14-11(9)16-10/h5-7H,3-4,8H2,1-2H3,(H,17,18)(H,14,15,16). The second kappa shape index (κ2) is 4.76. The fourth-order valence-electron chi connectivity index (χ4n) is 2.18. The first-order chi connectivity index (χ1) is 8.61. The average molecular weight is 247 g/mol. The zero-order valence-electron chi connectivity index (χ0n) is 10.6. The summed E-state index contributed by atoms with van der Waals surface area (Å²) in [6.45, 7) is 3.80. The molecule has 2 aromatic rings. The summed E-state index contributed by atoms with van der Waals surface area (Å²) >= 11 is 0. The van der Waals surface area contributed by atoms with Crippen LogP contribution in [0.4, 0.5) is 0 Å². The van der Waals surface area contributed by atoms with E-state index in [1.54, 1.807) is 6.20 Å². The normalized spacial score (nSPS) is 11.9. The van der Waals surface area contributed by atoms with Crippen LogP contribution in [0.5, 0.6) is 0 Å². The van der Waals surface area contributed by atoms with Crippen LogP contribution >= 0.6 is 0 Å². The van der Waals surface area contributed by atoms with E-state index in [9.17, 15) is 9.90 Å². The Hall–Kier alpha value is -1.91. The van der Waals surface area contributed by atoms with Crippen LogP contribution in [-0.2, 0) is 11.2 Å². The zero-order valence-corrected chi connectivity index (χ0v) is 10.6. The summed E-state index contributed by atoms with van der Waals surface area (Å²) in [6, 6.07) is 3.72. The van der Waals surface area contributed by atoms with Gasteiger partial charge in [0.2, 0.25) is 0 Å². The second-order valence-electron chi connectivity index (χ2n) is 4.53. The molecule has 0 aromatic carbocycles. The van der Waals surface area contributed by atoms with Crippen LogP contribution in [0.2, 0.25) is 0 Å². The number of hydrogen-bond acceptors (Lipinski definition) is 3. The number of aromatic nitrogens is 3. The summed E-state index contributed by atoms with van der Waals surface area (Å²) in [6.07, 6.45) is 3.26. The van der Waals surface area contributed by atoms with Crippen LogP contribution in [0, 0.1) is 5.41 Å². The lowest BCUT2D eigenvalue weighted by atomic mass is 9.79. The summed E-state index contributed by atoms with van der Waals surface area (Å²) in [5.41, 5.74) is 0.742. The van der Waals surface area contributed by atoms with Gasteiger partial charge in [-0.1, -0.05) is 13.8 Å². The molecule has 0 spiro atoms. The van der Waals surface area contributed by atoms with Gasteiger partial charge < -0.3 is 10.1 Å². The summed E-state index contributed by atoms with van der Waals surface area (Å²) in [5.74, 6) is -0.0734. The Morgan fingerprint density at radius 3 is 2.72 bits per heavy atom. The minimum Gasteiger partial charge on any atom is -0.481 e. The molecular weight excluding hydrogens is 230 g/mol. The molecule has 0 fully saturated rings. The Kier molecular flexibility index (Phi) is 3.32. The first-order valence-electron chi connectivity index (χ1n) is 6.14. The highest BCUT2D eigenvalue weighted by atomic mass is 16.4. The maximum Gasteiger partial charge on any atom is 0.310 e. The maximum atomic E-state index is 11.4. The summed E-state index contributed by atoms with van der Waals surface area (Å²) in [7, 11) is 0. The van der Waals surface area contributed by atoms with Crippen LogP contribution in [-0.4, -0.2) is 26.0 Å². The summed E-state index contributed by atoms with van der Waals surface area (Å²) in [4.78, 5) is 23.1. The van der Waals surface area contributed by atoms with E-state index >= 15 is 0 Å². The van der Waals surface area contributed by atoms with Gasteiger partial charge in [-0.2, -0.15) is 0 Å². The number of rotatable bonds is 5. The van der Waals surface area contributed by atoms with Gasteiger partial charge in [0.1, 0.15) is 5.82 Å². The molecule has 0 saturated heterocycles. The Labute approximate surface area is 105 Å². The lowest BCUT2D eigenvalue weighted by Crippen LogP contribution is -2.32. The molecule has 96 valence electrons. The molecule has 18 heavy (non-hydrogen) atoms. The largest absolute Gasteiger partial charge is 0.481 e. The first-order valence-corrected chi connectivity index (χ1v) is 6.14. The van der Waals surface area contributed by atoms with Gasteiger partial charge in [-0.25, -0.2) is 9.97 Å². The van der Waals surface area contributed by atoms with E-state index in [2.05, 4.69) is 15.0 Å². The average Bonchev–Trinajstić information content (AvgIpc) is 2.77. The minimum atomic E-state index is -0.763. The third kappa shape index (κ3) is 2.08. The van der Waals surface area contributed by atoms with Crippen molar-refractivity contribution in [2.24, 2.45) is 5.41 Å². The SMILES string of the molecule is CCC(CC)(Cc1nc2ncccc2[nH]1)C(=O)O. The molecule has 0 aliphatic carbocycles.